The van der Waals surface area contributed by atoms with Gasteiger partial charge in [0.1, 0.15) is 0 Å². The van der Waals surface area contributed by atoms with E-state index in [1.165, 1.54) is 64.2 Å². The molecule has 0 aromatic carbocycles. The van der Waals surface area contributed by atoms with Crippen LogP contribution in [0.1, 0.15) is 78.1 Å². The molecule has 0 heterocycles. The van der Waals surface area contributed by atoms with Crippen LogP contribution >= 0.6 is 0 Å². The second-order valence-electron chi connectivity index (χ2n) is 5.31. The molecule has 1 aliphatic rings. The first-order valence-electron chi connectivity index (χ1n) is 6.83. The van der Waals surface area contributed by atoms with Crippen molar-refractivity contribution < 1.29 is 0 Å². The van der Waals surface area contributed by atoms with Crippen molar-refractivity contribution in [2.75, 3.05) is 0 Å². The molecule has 0 radical (unpaired) electrons. The maximum atomic E-state index is 2.46. The molecule has 0 nitrogen and oxygen atoms in total. The summed E-state index contributed by atoms with van der Waals surface area (Å²) in [6.07, 6.45) is 14.8. The highest BCUT2D eigenvalue weighted by Crippen LogP contribution is 2.26. The molecule has 2 unspecified atom stereocenters. The van der Waals surface area contributed by atoms with Crippen LogP contribution in [0.5, 0.6) is 0 Å². The monoisotopic (exact) mass is 196 g/mol. The zero-order chi connectivity index (χ0) is 10.2. The van der Waals surface area contributed by atoms with Crippen molar-refractivity contribution in [3.05, 3.63) is 0 Å². The van der Waals surface area contributed by atoms with Gasteiger partial charge in [0.05, 0.1) is 0 Å². The molecule has 0 amide bonds. The van der Waals surface area contributed by atoms with Gasteiger partial charge in [0.25, 0.3) is 0 Å². The van der Waals surface area contributed by atoms with Crippen molar-refractivity contribution in [3.63, 3.8) is 0 Å². The molecule has 0 saturated heterocycles. The molecule has 0 aliphatic heterocycles. The molecule has 1 saturated carbocycles. The van der Waals surface area contributed by atoms with Gasteiger partial charge in [-0.25, -0.2) is 0 Å². The van der Waals surface area contributed by atoms with E-state index in [0.717, 1.165) is 11.8 Å². The van der Waals surface area contributed by atoms with Crippen LogP contribution in [0.15, 0.2) is 0 Å². The molecular formula is C14H28. The second kappa shape index (κ2) is 7.31. The Bertz CT molecular complexity index is 128. The average Bonchev–Trinajstić information content (AvgIpc) is 2.23. The van der Waals surface area contributed by atoms with Crippen LogP contribution in [0.25, 0.3) is 0 Å². The van der Waals surface area contributed by atoms with Gasteiger partial charge in [-0.15, -0.1) is 0 Å². The Morgan fingerprint density at radius 1 is 0.857 bits per heavy atom. The van der Waals surface area contributed by atoms with E-state index in [0.29, 0.717) is 0 Å². The molecule has 84 valence electrons. The zero-order valence-electron chi connectivity index (χ0n) is 10.2. The van der Waals surface area contributed by atoms with Gasteiger partial charge in [0.2, 0.25) is 0 Å². The summed E-state index contributed by atoms with van der Waals surface area (Å²) in [4.78, 5) is 0. The van der Waals surface area contributed by atoms with E-state index < -0.39 is 0 Å². The Morgan fingerprint density at radius 2 is 1.43 bits per heavy atom. The fourth-order valence-corrected chi connectivity index (χ4v) is 2.81. The van der Waals surface area contributed by atoms with E-state index in [1.807, 2.05) is 0 Å². The van der Waals surface area contributed by atoms with Crippen LogP contribution in [0.2, 0.25) is 0 Å². The molecule has 1 fully saturated rings. The van der Waals surface area contributed by atoms with Gasteiger partial charge in [-0.1, -0.05) is 71.6 Å². The lowest BCUT2D eigenvalue weighted by Crippen LogP contribution is -2.05. The Balaban J connectivity index is 2.31. The fourth-order valence-electron chi connectivity index (χ4n) is 2.81. The minimum absolute atomic E-state index is 0.984. The lowest BCUT2D eigenvalue weighted by Gasteiger charge is -2.18. The summed E-state index contributed by atoms with van der Waals surface area (Å²) in [6.45, 7) is 4.83. The van der Waals surface area contributed by atoms with Crippen molar-refractivity contribution in [3.8, 4) is 0 Å². The van der Waals surface area contributed by atoms with E-state index in [2.05, 4.69) is 13.8 Å². The predicted octanol–water partition coefficient (Wildman–Crippen LogP) is 5.17. The van der Waals surface area contributed by atoms with Crippen molar-refractivity contribution in [1.82, 2.24) is 0 Å². The zero-order valence-corrected chi connectivity index (χ0v) is 10.2. The largest absolute Gasteiger partial charge is 0.0651 e. The molecule has 0 N–H and O–H groups in total. The van der Waals surface area contributed by atoms with Gasteiger partial charge < -0.3 is 0 Å². The van der Waals surface area contributed by atoms with Crippen molar-refractivity contribution in [1.29, 1.82) is 0 Å². The van der Waals surface area contributed by atoms with E-state index in [-0.39, 0.29) is 0 Å². The average molecular weight is 196 g/mol. The van der Waals surface area contributed by atoms with Crippen LogP contribution < -0.4 is 0 Å². The van der Waals surface area contributed by atoms with Crippen LogP contribution in [-0.4, -0.2) is 0 Å². The first-order chi connectivity index (χ1) is 6.83. The Labute approximate surface area is 90.5 Å². The highest BCUT2D eigenvalue weighted by molar-refractivity contribution is 4.64. The summed E-state index contributed by atoms with van der Waals surface area (Å²) in [6, 6.07) is 0. The van der Waals surface area contributed by atoms with Crippen molar-refractivity contribution in [2.45, 2.75) is 78.1 Å². The third-order valence-electron chi connectivity index (χ3n) is 3.87. The van der Waals surface area contributed by atoms with Crippen molar-refractivity contribution in [2.24, 2.45) is 11.8 Å². The predicted molar refractivity (Wildman–Crippen MR) is 64.5 cm³/mol. The maximum Gasteiger partial charge on any atom is -0.0414 e. The third-order valence-corrected chi connectivity index (χ3v) is 3.87. The summed E-state index contributed by atoms with van der Waals surface area (Å²) in [5, 5.41) is 0. The molecule has 14 heavy (non-hydrogen) atoms. The Hall–Kier alpha value is 0. The van der Waals surface area contributed by atoms with E-state index in [1.54, 1.807) is 0 Å². The highest BCUT2D eigenvalue weighted by Gasteiger charge is 2.12. The normalized spacial score (nSPS) is 32.1. The molecule has 1 rings (SSSR count). The fraction of sp³-hybridized carbons (Fsp3) is 1.00. The summed E-state index contributed by atoms with van der Waals surface area (Å²) in [7, 11) is 0. The Morgan fingerprint density at radius 3 is 2.07 bits per heavy atom. The minimum Gasteiger partial charge on any atom is -0.0651 e. The summed E-state index contributed by atoms with van der Waals surface area (Å²) >= 11 is 0. The summed E-state index contributed by atoms with van der Waals surface area (Å²) in [5.74, 6) is 2.01. The van der Waals surface area contributed by atoms with Crippen LogP contribution in [0, 0.1) is 11.8 Å². The third kappa shape index (κ3) is 5.02. The lowest BCUT2D eigenvalue weighted by atomic mass is 9.87. The van der Waals surface area contributed by atoms with Crippen LogP contribution in [0.3, 0.4) is 0 Å². The van der Waals surface area contributed by atoms with Gasteiger partial charge in [-0.2, -0.15) is 0 Å². The highest BCUT2D eigenvalue weighted by atomic mass is 14.2. The molecule has 0 aromatic rings. The first kappa shape index (κ1) is 12.1. The van der Waals surface area contributed by atoms with Crippen LogP contribution in [-0.2, 0) is 0 Å². The summed E-state index contributed by atoms with van der Waals surface area (Å²) in [5.41, 5.74) is 0. The van der Waals surface area contributed by atoms with E-state index in [4.69, 9.17) is 0 Å². The quantitative estimate of drug-likeness (QED) is 0.542. The minimum atomic E-state index is 0.984. The SMILES string of the molecule is CCC1CCCCCCCCC(C)C1. The number of hydrogen-bond donors (Lipinski definition) is 0. The van der Waals surface area contributed by atoms with Gasteiger partial charge in [-0.3, -0.25) is 0 Å². The number of hydrogen-bond acceptors (Lipinski definition) is 0. The molecular weight excluding hydrogens is 168 g/mol. The standard InChI is InChI=1S/C14H28/c1-3-14-11-9-7-5-4-6-8-10-13(2)12-14/h13-14H,3-12H2,1-2H3. The smallest absolute Gasteiger partial charge is 0.0414 e. The molecule has 0 spiro atoms. The Kier molecular flexibility index (Phi) is 6.31. The van der Waals surface area contributed by atoms with E-state index >= 15 is 0 Å². The van der Waals surface area contributed by atoms with Crippen LogP contribution in [0.4, 0.5) is 0 Å². The second-order valence-corrected chi connectivity index (χ2v) is 5.31. The lowest BCUT2D eigenvalue weighted by molar-refractivity contribution is 0.338. The van der Waals surface area contributed by atoms with Gasteiger partial charge in [0, 0.05) is 0 Å². The molecule has 2 atom stereocenters. The molecule has 0 heteroatoms. The van der Waals surface area contributed by atoms with Gasteiger partial charge in [-0.05, 0) is 18.3 Å². The van der Waals surface area contributed by atoms with Crippen molar-refractivity contribution >= 4 is 0 Å². The number of rotatable bonds is 1. The molecule has 1 aliphatic carbocycles. The molecule has 0 aromatic heterocycles. The summed E-state index contributed by atoms with van der Waals surface area (Å²) < 4.78 is 0. The molecule has 0 bridgehead atoms. The topological polar surface area (TPSA) is 0 Å². The maximum absolute atomic E-state index is 2.46. The van der Waals surface area contributed by atoms with Gasteiger partial charge >= 0.3 is 0 Å². The first-order valence-corrected chi connectivity index (χ1v) is 6.83. The van der Waals surface area contributed by atoms with E-state index in [9.17, 15) is 0 Å². The van der Waals surface area contributed by atoms with Gasteiger partial charge in [0.15, 0.2) is 0 Å².